The third-order valence-electron chi connectivity index (χ3n) is 5.04. The minimum atomic E-state index is -0.832. The number of hydrazone groups is 1. The van der Waals surface area contributed by atoms with E-state index in [1.54, 1.807) is 26.2 Å². The van der Waals surface area contributed by atoms with Gasteiger partial charge in [0.1, 0.15) is 5.75 Å². The molecular weight excluding hydrogens is 396 g/mol. The Hall–Kier alpha value is -3.23. The van der Waals surface area contributed by atoms with Crippen LogP contribution in [-0.2, 0) is 20.9 Å². The smallest absolute Gasteiger partial charge is 0.329 e. The van der Waals surface area contributed by atoms with E-state index in [-0.39, 0.29) is 0 Å². The Kier molecular flexibility index (Phi) is 7.75. The normalized spacial score (nSPS) is 14.7. The summed E-state index contributed by atoms with van der Waals surface area (Å²) in [5, 5.41) is 6.65. The van der Waals surface area contributed by atoms with Crippen LogP contribution >= 0.6 is 0 Å². The Balaban J connectivity index is 1.64. The summed E-state index contributed by atoms with van der Waals surface area (Å²) in [4.78, 5) is 26.5. The quantitative estimate of drug-likeness (QED) is 0.422. The van der Waals surface area contributed by atoms with E-state index >= 15 is 0 Å². The number of anilines is 1. The molecule has 164 valence electrons. The third-order valence-corrected chi connectivity index (χ3v) is 5.04. The molecule has 0 spiro atoms. The molecule has 1 aliphatic rings. The van der Waals surface area contributed by atoms with Crippen molar-refractivity contribution >= 4 is 23.2 Å². The lowest BCUT2D eigenvalue weighted by Crippen LogP contribution is -2.35. The molecule has 1 aliphatic heterocycles. The van der Waals surface area contributed by atoms with Crippen LogP contribution in [0.1, 0.15) is 23.6 Å². The van der Waals surface area contributed by atoms with Crippen LogP contribution in [0.15, 0.2) is 47.6 Å². The van der Waals surface area contributed by atoms with Crippen LogP contribution in [0.3, 0.4) is 0 Å². The molecule has 0 aromatic heterocycles. The average molecular weight is 425 g/mol. The highest BCUT2D eigenvalue weighted by Gasteiger charge is 2.16. The SMILES string of the molecule is COc1ccc(/C(C)=N\NC(=O)C(=O)Nc2ccc(C)cc2)cc1CN1CCOCC1. The van der Waals surface area contributed by atoms with Crippen LogP contribution in [0.25, 0.3) is 0 Å². The van der Waals surface area contributed by atoms with Crippen molar-refractivity contribution in [1.29, 1.82) is 0 Å². The maximum atomic E-state index is 12.1. The van der Waals surface area contributed by atoms with Gasteiger partial charge in [-0.25, -0.2) is 5.43 Å². The molecule has 2 aromatic rings. The number of carbonyl (C=O) groups is 2. The summed E-state index contributed by atoms with van der Waals surface area (Å²) >= 11 is 0. The Morgan fingerprint density at radius 2 is 1.81 bits per heavy atom. The number of ether oxygens (including phenoxy) is 2. The fraction of sp³-hybridized carbons (Fsp3) is 0.348. The van der Waals surface area contributed by atoms with Gasteiger partial charge in [0.2, 0.25) is 0 Å². The van der Waals surface area contributed by atoms with Gasteiger partial charge < -0.3 is 14.8 Å². The summed E-state index contributed by atoms with van der Waals surface area (Å²) in [6.07, 6.45) is 0. The maximum Gasteiger partial charge on any atom is 0.329 e. The predicted molar refractivity (Wildman–Crippen MR) is 119 cm³/mol. The third kappa shape index (κ3) is 6.37. The number of nitrogens with zero attached hydrogens (tertiary/aromatic N) is 2. The Labute approximate surface area is 182 Å². The zero-order chi connectivity index (χ0) is 22.2. The summed E-state index contributed by atoms with van der Waals surface area (Å²) < 4.78 is 10.9. The topological polar surface area (TPSA) is 92.3 Å². The van der Waals surface area contributed by atoms with Crippen molar-refractivity contribution in [2.24, 2.45) is 5.10 Å². The summed E-state index contributed by atoms with van der Waals surface area (Å²) in [5.74, 6) is -0.810. The van der Waals surface area contributed by atoms with Crippen molar-refractivity contribution in [3.8, 4) is 5.75 Å². The van der Waals surface area contributed by atoms with Crippen LogP contribution in [0, 0.1) is 6.92 Å². The van der Waals surface area contributed by atoms with Crippen LogP contribution in [-0.4, -0.2) is 55.8 Å². The van der Waals surface area contributed by atoms with Gasteiger partial charge in [-0.2, -0.15) is 5.10 Å². The first kappa shape index (κ1) is 22.5. The largest absolute Gasteiger partial charge is 0.496 e. The molecule has 0 bridgehead atoms. The second kappa shape index (κ2) is 10.7. The van der Waals surface area contributed by atoms with Crippen LogP contribution in [0.4, 0.5) is 5.69 Å². The minimum Gasteiger partial charge on any atom is -0.496 e. The minimum absolute atomic E-state index is 0.550. The molecule has 8 heteroatoms. The van der Waals surface area contributed by atoms with Gasteiger partial charge in [-0.3, -0.25) is 14.5 Å². The zero-order valence-electron chi connectivity index (χ0n) is 18.1. The number of nitrogens with one attached hydrogen (secondary N) is 2. The number of methoxy groups -OCH3 is 1. The molecule has 0 saturated carbocycles. The fourth-order valence-corrected chi connectivity index (χ4v) is 3.20. The molecule has 31 heavy (non-hydrogen) atoms. The first-order valence-electron chi connectivity index (χ1n) is 10.2. The Morgan fingerprint density at radius 3 is 2.48 bits per heavy atom. The molecule has 0 atom stereocenters. The van der Waals surface area contributed by atoms with Crippen molar-refractivity contribution in [2.45, 2.75) is 20.4 Å². The van der Waals surface area contributed by atoms with E-state index in [1.807, 2.05) is 37.3 Å². The number of rotatable bonds is 6. The Morgan fingerprint density at radius 1 is 1.10 bits per heavy atom. The average Bonchev–Trinajstić information content (AvgIpc) is 2.79. The van der Waals surface area contributed by atoms with Crippen molar-refractivity contribution in [1.82, 2.24) is 10.3 Å². The number of benzene rings is 2. The lowest BCUT2D eigenvalue weighted by atomic mass is 10.1. The molecule has 1 heterocycles. The summed E-state index contributed by atoms with van der Waals surface area (Å²) in [6, 6.07) is 12.9. The van der Waals surface area contributed by atoms with Gasteiger partial charge >= 0.3 is 11.8 Å². The van der Waals surface area contributed by atoms with E-state index in [2.05, 4.69) is 20.7 Å². The Bertz CT molecular complexity index is 951. The van der Waals surface area contributed by atoms with Gasteiger partial charge in [-0.15, -0.1) is 0 Å². The highest BCUT2D eigenvalue weighted by molar-refractivity contribution is 6.39. The lowest BCUT2D eigenvalue weighted by Gasteiger charge is -2.27. The molecule has 1 fully saturated rings. The molecule has 2 amide bonds. The number of hydrogen-bond donors (Lipinski definition) is 2. The standard InChI is InChI=1S/C23H28N4O4/c1-16-4-7-20(8-5-16)24-22(28)23(29)26-25-17(2)18-6-9-21(30-3)19(14-18)15-27-10-12-31-13-11-27/h4-9,14H,10-13,15H2,1-3H3,(H,24,28)(H,26,29)/b25-17-. The molecule has 3 rings (SSSR count). The highest BCUT2D eigenvalue weighted by Crippen LogP contribution is 2.22. The predicted octanol–water partition coefficient (Wildman–Crippen LogP) is 2.31. The highest BCUT2D eigenvalue weighted by atomic mass is 16.5. The zero-order valence-corrected chi connectivity index (χ0v) is 18.1. The molecule has 8 nitrogen and oxygen atoms in total. The number of hydrogen-bond acceptors (Lipinski definition) is 6. The van der Waals surface area contributed by atoms with Crippen molar-refractivity contribution < 1.29 is 19.1 Å². The number of amides is 2. The van der Waals surface area contributed by atoms with E-state index < -0.39 is 11.8 Å². The monoisotopic (exact) mass is 424 g/mol. The van der Waals surface area contributed by atoms with E-state index in [4.69, 9.17) is 9.47 Å². The van der Waals surface area contributed by atoms with Gasteiger partial charge in [0.15, 0.2) is 0 Å². The fourth-order valence-electron chi connectivity index (χ4n) is 3.20. The first-order valence-corrected chi connectivity index (χ1v) is 10.2. The van der Waals surface area contributed by atoms with E-state index in [0.29, 0.717) is 11.4 Å². The van der Waals surface area contributed by atoms with Gasteiger partial charge in [0.25, 0.3) is 0 Å². The second-order valence-electron chi connectivity index (χ2n) is 7.37. The summed E-state index contributed by atoms with van der Waals surface area (Å²) in [6.45, 7) is 7.64. The van der Waals surface area contributed by atoms with Crippen LogP contribution in [0.5, 0.6) is 5.75 Å². The maximum absolute atomic E-state index is 12.1. The first-order chi connectivity index (χ1) is 15.0. The number of morpholine rings is 1. The summed E-state index contributed by atoms with van der Waals surface area (Å²) in [7, 11) is 1.64. The van der Waals surface area contributed by atoms with Crippen molar-refractivity contribution in [2.75, 3.05) is 38.7 Å². The summed E-state index contributed by atoms with van der Waals surface area (Å²) in [5.41, 5.74) is 6.39. The number of aryl methyl sites for hydroxylation is 1. The lowest BCUT2D eigenvalue weighted by molar-refractivity contribution is -0.136. The van der Waals surface area contributed by atoms with E-state index in [1.165, 1.54) is 0 Å². The molecule has 2 aromatic carbocycles. The van der Waals surface area contributed by atoms with Crippen molar-refractivity contribution in [3.63, 3.8) is 0 Å². The number of carbonyl (C=O) groups excluding carboxylic acids is 2. The molecule has 0 unspecified atom stereocenters. The van der Waals surface area contributed by atoms with Gasteiger partial charge in [0.05, 0.1) is 26.0 Å². The molecule has 1 saturated heterocycles. The van der Waals surface area contributed by atoms with E-state index in [9.17, 15) is 9.59 Å². The molecule has 0 aliphatic carbocycles. The van der Waals surface area contributed by atoms with Crippen LogP contribution < -0.4 is 15.5 Å². The molecule has 2 N–H and O–H groups in total. The van der Waals surface area contributed by atoms with Gasteiger partial charge in [-0.1, -0.05) is 17.7 Å². The molecular formula is C23H28N4O4. The van der Waals surface area contributed by atoms with Crippen molar-refractivity contribution in [3.05, 3.63) is 59.2 Å². The van der Waals surface area contributed by atoms with Crippen LogP contribution in [0.2, 0.25) is 0 Å². The van der Waals surface area contributed by atoms with Gasteiger partial charge in [-0.05, 0) is 49.7 Å². The van der Waals surface area contributed by atoms with Gasteiger partial charge in [0, 0.05) is 30.9 Å². The van der Waals surface area contributed by atoms with E-state index in [0.717, 1.165) is 55.3 Å². The molecule has 0 radical (unpaired) electrons. The second-order valence-corrected chi connectivity index (χ2v) is 7.37.